The Balaban J connectivity index is 2.37. The summed E-state index contributed by atoms with van der Waals surface area (Å²) < 4.78 is 5.28. The van der Waals surface area contributed by atoms with Gasteiger partial charge < -0.3 is 20.7 Å². The highest BCUT2D eigenvalue weighted by Gasteiger charge is 2.16. The zero-order chi connectivity index (χ0) is 16.1. The molecule has 0 aliphatic carbocycles. The van der Waals surface area contributed by atoms with Crippen molar-refractivity contribution in [1.82, 2.24) is 0 Å². The molecular weight excluding hydrogens is 302 g/mol. The SMILES string of the molecule is COc1ccc(CCC(=O)O)c(O)c1Sc1ccccc1N. The molecular formula is C16H17NO4S. The number of ether oxygens (including phenoxy) is 1. The number of hydrogen-bond donors (Lipinski definition) is 3. The Kier molecular flexibility index (Phi) is 5.16. The summed E-state index contributed by atoms with van der Waals surface area (Å²) in [7, 11) is 1.52. The van der Waals surface area contributed by atoms with Gasteiger partial charge in [0.05, 0.1) is 12.0 Å². The van der Waals surface area contributed by atoms with Crippen LogP contribution < -0.4 is 10.5 Å². The average molecular weight is 319 g/mol. The summed E-state index contributed by atoms with van der Waals surface area (Å²) in [6, 6.07) is 10.7. The summed E-state index contributed by atoms with van der Waals surface area (Å²) >= 11 is 1.29. The van der Waals surface area contributed by atoms with Crippen LogP contribution in [0.4, 0.5) is 5.69 Å². The van der Waals surface area contributed by atoms with E-state index in [4.69, 9.17) is 15.6 Å². The molecule has 4 N–H and O–H groups in total. The fourth-order valence-electron chi connectivity index (χ4n) is 1.98. The molecule has 0 atom stereocenters. The van der Waals surface area contributed by atoms with Gasteiger partial charge in [0.25, 0.3) is 0 Å². The second-order valence-electron chi connectivity index (χ2n) is 4.64. The molecule has 0 radical (unpaired) electrons. The molecule has 22 heavy (non-hydrogen) atoms. The zero-order valence-corrected chi connectivity index (χ0v) is 12.9. The minimum atomic E-state index is -0.906. The molecule has 0 spiro atoms. The van der Waals surface area contributed by atoms with Crippen LogP contribution in [-0.2, 0) is 11.2 Å². The summed E-state index contributed by atoms with van der Waals surface area (Å²) in [6.07, 6.45) is 0.209. The van der Waals surface area contributed by atoms with Crippen molar-refractivity contribution >= 4 is 23.4 Å². The van der Waals surface area contributed by atoms with E-state index in [0.717, 1.165) is 4.90 Å². The van der Waals surface area contributed by atoms with E-state index >= 15 is 0 Å². The summed E-state index contributed by atoms with van der Waals surface area (Å²) in [5.74, 6) is -0.351. The number of aliphatic carboxylic acids is 1. The van der Waals surface area contributed by atoms with Crippen LogP contribution in [0.25, 0.3) is 0 Å². The number of phenolic OH excluding ortho intramolecular Hbond substituents is 1. The van der Waals surface area contributed by atoms with Crippen LogP contribution in [0, 0.1) is 0 Å². The van der Waals surface area contributed by atoms with Gasteiger partial charge >= 0.3 is 5.97 Å². The van der Waals surface area contributed by atoms with Crippen molar-refractivity contribution in [3.05, 3.63) is 42.0 Å². The van der Waals surface area contributed by atoms with Crippen molar-refractivity contribution in [2.24, 2.45) is 0 Å². The Morgan fingerprint density at radius 3 is 2.64 bits per heavy atom. The predicted octanol–water partition coefficient (Wildman–Crippen LogP) is 3.15. The molecule has 6 heteroatoms. The third-order valence-electron chi connectivity index (χ3n) is 3.14. The van der Waals surface area contributed by atoms with E-state index < -0.39 is 5.97 Å². The Morgan fingerprint density at radius 1 is 1.27 bits per heavy atom. The van der Waals surface area contributed by atoms with Gasteiger partial charge in [-0.25, -0.2) is 0 Å². The smallest absolute Gasteiger partial charge is 0.303 e. The first-order valence-electron chi connectivity index (χ1n) is 6.66. The van der Waals surface area contributed by atoms with E-state index in [-0.39, 0.29) is 18.6 Å². The number of phenols is 1. The molecule has 116 valence electrons. The molecule has 5 nitrogen and oxygen atoms in total. The van der Waals surface area contributed by atoms with E-state index in [1.807, 2.05) is 18.2 Å². The summed E-state index contributed by atoms with van der Waals surface area (Å²) in [4.78, 5) is 12.0. The van der Waals surface area contributed by atoms with Crippen LogP contribution in [0.3, 0.4) is 0 Å². The number of carbonyl (C=O) groups is 1. The van der Waals surface area contributed by atoms with Gasteiger partial charge in [0.2, 0.25) is 0 Å². The number of carboxylic acid groups (broad SMARTS) is 1. The molecule has 0 amide bonds. The Bertz CT molecular complexity index is 688. The number of para-hydroxylation sites is 1. The van der Waals surface area contributed by atoms with Gasteiger partial charge in [-0.15, -0.1) is 0 Å². The first kappa shape index (κ1) is 16.0. The summed E-state index contributed by atoms with van der Waals surface area (Å²) in [6.45, 7) is 0. The molecule has 0 heterocycles. The van der Waals surface area contributed by atoms with E-state index in [9.17, 15) is 9.90 Å². The van der Waals surface area contributed by atoms with Crippen molar-refractivity contribution in [3.63, 3.8) is 0 Å². The van der Waals surface area contributed by atoms with Crippen LogP contribution in [0.15, 0.2) is 46.2 Å². The minimum Gasteiger partial charge on any atom is -0.506 e. The van der Waals surface area contributed by atoms with Crippen LogP contribution in [0.2, 0.25) is 0 Å². The van der Waals surface area contributed by atoms with Crippen molar-refractivity contribution in [2.45, 2.75) is 22.6 Å². The lowest BCUT2D eigenvalue weighted by molar-refractivity contribution is -0.136. The molecule has 0 saturated heterocycles. The van der Waals surface area contributed by atoms with Crippen LogP contribution in [0.5, 0.6) is 11.5 Å². The van der Waals surface area contributed by atoms with E-state index in [0.29, 0.717) is 21.9 Å². The van der Waals surface area contributed by atoms with Crippen molar-refractivity contribution in [1.29, 1.82) is 0 Å². The third kappa shape index (κ3) is 3.65. The average Bonchev–Trinajstić information content (AvgIpc) is 2.50. The molecule has 2 aromatic rings. The predicted molar refractivity (Wildman–Crippen MR) is 85.6 cm³/mol. The monoisotopic (exact) mass is 319 g/mol. The number of rotatable bonds is 6. The van der Waals surface area contributed by atoms with Gasteiger partial charge in [0.15, 0.2) is 0 Å². The number of nitrogens with two attached hydrogens (primary N) is 1. The van der Waals surface area contributed by atoms with Crippen molar-refractivity contribution in [3.8, 4) is 11.5 Å². The molecule has 2 rings (SSSR count). The molecule has 0 aliphatic rings. The largest absolute Gasteiger partial charge is 0.506 e. The topological polar surface area (TPSA) is 92.8 Å². The Hall–Kier alpha value is -2.34. The highest BCUT2D eigenvalue weighted by Crippen LogP contribution is 2.44. The van der Waals surface area contributed by atoms with Crippen molar-refractivity contribution in [2.75, 3.05) is 12.8 Å². The maximum absolute atomic E-state index is 10.7. The summed E-state index contributed by atoms with van der Waals surface area (Å²) in [5.41, 5.74) is 7.10. The lowest BCUT2D eigenvalue weighted by Gasteiger charge is -2.14. The number of anilines is 1. The van der Waals surface area contributed by atoms with Crippen LogP contribution in [-0.4, -0.2) is 23.3 Å². The molecule has 0 unspecified atom stereocenters. The summed E-state index contributed by atoms with van der Waals surface area (Å²) in [5, 5.41) is 19.2. The number of nitrogen functional groups attached to an aromatic ring is 1. The van der Waals surface area contributed by atoms with Crippen LogP contribution in [0.1, 0.15) is 12.0 Å². The molecule has 0 aliphatic heterocycles. The standard InChI is InChI=1S/C16H17NO4S/c1-21-12-8-6-10(7-9-14(18)19)15(20)16(12)22-13-5-3-2-4-11(13)17/h2-6,8,20H,7,9,17H2,1H3,(H,18,19). The van der Waals surface area contributed by atoms with Gasteiger partial charge in [-0.3, -0.25) is 4.79 Å². The van der Waals surface area contributed by atoms with Crippen molar-refractivity contribution < 1.29 is 19.7 Å². The van der Waals surface area contributed by atoms with E-state index in [1.54, 1.807) is 18.2 Å². The first-order valence-corrected chi connectivity index (χ1v) is 7.47. The minimum absolute atomic E-state index is 0.0360. The maximum Gasteiger partial charge on any atom is 0.303 e. The number of methoxy groups -OCH3 is 1. The third-order valence-corrected chi connectivity index (χ3v) is 4.33. The first-order chi connectivity index (χ1) is 10.5. The molecule has 0 saturated carbocycles. The van der Waals surface area contributed by atoms with Gasteiger partial charge in [-0.1, -0.05) is 30.0 Å². The zero-order valence-electron chi connectivity index (χ0n) is 12.1. The molecule has 0 aromatic heterocycles. The Morgan fingerprint density at radius 2 is 2.00 bits per heavy atom. The molecule has 0 fully saturated rings. The normalized spacial score (nSPS) is 10.4. The number of aromatic hydroxyl groups is 1. The number of benzene rings is 2. The molecule has 0 bridgehead atoms. The van der Waals surface area contributed by atoms with E-state index in [1.165, 1.54) is 18.9 Å². The van der Waals surface area contributed by atoms with Gasteiger partial charge in [0.1, 0.15) is 11.5 Å². The highest BCUT2D eigenvalue weighted by molar-refractivity contribution is 7.99. The van der Waals surface area contributed by atoms with Gasteiger partial charge in [0, 0.05) is 17.0 Å². The fourth-order valence-corrected chi connectivity index (χ4v) is 3.01. The number of aryl methyl sites for hydroxylation is 1. The lowest BCUT2D eigenvalue weighted by atomic mass is 10.1. The van der Waals surface area contributed by atoms with Crippen LogP contribution >= 0.6 is 11.8 Å². The van der Waals surface area contributed by atoms with Gasteiger partial charge in [-0.05, 0) is 30.2 Å². The van der Waals surface area contributed by atoms with Gasteiger partial charge in [-0.2, -0.15) is 0 Å². The lowest BCUT2D eigenvalue weighted by Crippen LogP contribution is -1.99. The second-order valence-corrected chi connectivity index (χ2v) is 5.69. The highest BCUT2D eigenvalue weighted by atomic mass is 32.2. The fraction of sp³-hybridized carbons (Fsp3) is 0.188. The quantitative estimate of drug-likeness (QED) is 0.708. The molecule has 2 aromatic carbocycles. The second kappa shape index (κ2) is 7.09. The number of hydrogen-bond acceptors (Lipinski definition) is 5. The maximum atomic E-state index is 10.7. The number of carboxylic acids is 1. The van der Waals surface area contributed by atoms with E-state index in [2.05, 4.69) is 0 Å². The Labute approximate surface area is 132 Å².